The number of likely N-dealkylation sites (tertiary alicyclic amines) is 1. The fourth-order valence-electron chi connectivity index (χ4n) is 4.80. The summed E-state index contributed by atoms with van der Waals surface area (Å²) in [6.07, 6.45) is 5.54. The molecule has 0 aliphatic carbocycles. The molecule has 2 aromatic rings. The molecule has 0 radical (unpaired) electrons. The van der Waals surface area contributed by atoms with Crippen LogP contribution >= 0.6 is 0 Å². The predicted molar refractivity (Wildman–Crippen MR) is 129 cm³/mol. The molecule has 1 saturated heterocycles. The lowest BCUT2D eigenvalue weighted by atomic mass is 9.96. The summed E-state index contributed by atoms with van der Waals surface area (Å²) in [6.45, 7) is 5.64. The normalized spacial score (nSPS) is 17.0. The minimum atomic E-state index is -0.624. The molecule has 4 rings (SSSR count). The van der Waals surface area contributed by atoms with Gasteiger partial charge in [-0.15, -0.1) is 0 Å². The molecule has 0 aromatic heterocycles. The number of amides is 2. The van der Waals surface area contributed by atoms with Crippen molar-refractivity contribution in [3.05, 3.63) is 59.2 Å². The summed E-state index contributed by atoms with van der Waals surface area (Å²) in [5, 5.41) is 5.59. The molecule has 32 heavy (non-hydrogen) atoms. The van der Waals surface area contributed by atoms with Crippen molar-refractivity contribution in [3.63, 3.8) is 0 Å². The molecule has 2 amide bonds. The first kappa shape index (κ1) is 22.3. The van der Waals surface area contributed by atoms with Gasteiger partial charge in [-0.1, -0.05) is 31.2 Å². The standard InChI is InChI=1S/C26H34N4O2/c1-3-19-8-11-22(12-9-19)28-26(32)25(31)27-18-24(30-15-4-5-16-30)21-10-13-23-20(17-21)7-6-14-29(23)2/h8-13,17,24H,3-7,14-16,18H2,1-2H3,(H,27,31)(H,28,32). The van der Waals surface area contributed by atoms with Gasteiger partial charge in [0.1, 0.15) is 0 Å². The summed E-state index contributed by atoms with van der Waals surface area (Å²) in [6, 6.07) is 14.4. The second-order valence-electron chi connectivity index (χ2n) is 8.89. The van der Waals surface area contributed by atoms with E-state index in [0.717, 1.165) is 38.9 Å². The number of nitrogens with zero attached hydrogens (tertiary/aromatic N) is 2. The van der Waals surface area contributed by atoms with Crippen LogP contribution < -0.4 is 15.5 Å². The molecule has 1 unspecified atom stereocenters. The number of benzene rings is 2. The summed E-state index contributed by atoms with van der Waals surface area (Å²) < 4.78 is 0. The smallest absolute Gasteiger partial charge is 0.313 e. The number of anilines is 2. The molecule has 1 fully saturated rings. The maximum Gasteiger partial charge on any atom is 0.313 e. The summed E-state index contributed by atoms with van der Waals surface area (Å²) in [5.74, 6) is -1.21. The Kier molecular flexibility index (Phi) is 7.10. The Morgan fingerprint density at radius 1 is 0.969 bits per heavy atom. The highest BCUT2D eigenvalue weighted by atomic mass is 16.2. The summed E-state index contributed by atoms with van der Waals surface area (Å²) >= 11 is 0. The van der Waals surface area contributed by atoms with Crippen LogP contribution in [0.4, 0.5) is 11.4 Å². The van der Waals surface area contributed by atoms with Crippen molar-refractivity contribution in [1.82, 2.24) is 10.2 Å². The minimum Gasteiger partial charge on any atom is -0.374 e. The second-order valence-corrected chi connectivity index (χ2v) is 8.89. The van der Waals surface area contributed by atoms with E-state index >= 15 is 0 Å². The van der Waals surface area contributed by atoms with Gasteiger partial charge in [-0.3, -0.25) is 14.5 Å². The number of hydrogen-bond donors (Lipinski definition) is 2. The zero-order chi connectivity index (χ0) is 22.5. The quantitative estimate of drug-likeness (QED) is 0.683. The minimum absolute atomic E-state index is 0.0793. The Morgan fingerprint density at radius 2 is 1.72 bits per heavy atom. The number of rotatable bonds is 6. The van der Waals surface area contributed by atoms with Gasteiger partial charge in [-0.05, 0) is 80.1 Å². The first-order valence-electron chi connectivity index (χ1n) is 11.8. The molecule has 0 spiro atoms. The Balaban J connectivity index is 1.42. The number of fused-ring (bicyclic) bond motifs is 1. The SMILES string of the molecule is CCc1ccc(NC(=O)C(=O)NCC(c2ccc3c(c2)CCCN3C)N2CCCC2)cc1. The highest BCUT2D eigenvalue weighted by Gasteiger charge is 2.26. The molecular weight excluding hydrogens is 400 g/mol. The van der Waals surface area contributed by atoms with Gasteiger partial charge < -0.3 is 15.5 Å². The third-order valence-corrected chi connectivity index (χ3v) is 6.70. The highest BCUT2D eigenvalue weighted by Crippen LogP contribution is 2.31. The fourth-order valence-corrected chi connectivity index (χ4v) is 4.80. The van der Waals surface area contributed by atoms with Gasteiger partial charge >= 0.3 is 11.8 Å². The van der Waals surface area contributed by atoms with Crippen molar-refractivity contribution in [2.45, 2.75) is 45.1 Å². The molecule has 0 bridgehead atoms. The highest BCUT2D eigenvalue weighted by molar-refractivity contribution is 6.39. The van der Waals surface area contributed by atoms with Crippen LogP contribution in [-0.2, 0) is 22.4 Å². The lowest BCUT2D eigenvalue weighted by molar-refractivity contribution is -0.136. The van der Waals surface area contributed by atoms with Gasteiger partial charge in [-0.25, -0.2) is 0 Å². The van der Waals surface area contributed by atoms with E-state index in [9.17, 15) is 9.59 Å². The topological polar surface area (TPSA) is 64.7 Å². The summed E-state index contributed by atoms with van der Waals surface area (Å²) in [7, 11) is 2.14. The lowest BCUT2D eigenvalue weighted by Crippen LogP contribution is -2.41. The van der Waals surface area contributed by atoms with E-state index in [-0.39, 0.29) is 6.04 Å². The van der Waals surface area contributed by atoms with Crippen molar-refractivity contribution in [3.8, 4) is 0 Å². The number of carbonyl (C=O) groups is 2. The largest absolute Gasteiger partial charge is 0.374 e. The predicted octanol–water partition coefficient (Wildman–Crippen LogP) is 3.52. The van der Waals surface area contributed by atoms with Gasteiger partial charge in [0.05, 0.1) is 6.04 Å². The van der Waals surface area contributed by atoms with Crippen LogP contribution in [0, 0.1) is 0 Å². The lowest BCUT2D eigenvalue weighted by Gasteiger charge is -2.31. The van der Waals surface area contributed by atoms with E-state index in [2.05, 4.69) is 52.6 Å². The van der Waals surface area contributed by atoms with Crippen molar-refractivity contribution >= 4 is 23.2 Å². The maximum absolute atomic E-state index is 12.5. The Bertz CT molecular complexity index is 951. The van der Waals surface area contributed by atoms with E-state index in [4.69, 9.17) is 0 Å². The zero-order valence-electron chi connectivity index (χ0n) is 19.2. The molecule has 0 saturated carbocycles. The molecule has 2 heterocycles. The molecule has 2 aromatic carbocycles. The van der Waals surface area contributed by atoms with Crippen LogP contribution in [0.2, 0.25) is 0 Å². The molecule has 1 atom stereocenters. The summed E-state index contributed by atoms with van der Waals surface area (Å²) in [4.78, 5) is 29.7. The van der Waals surface area contributed by atoms with Gasteiger partial charge in [-0.2, -0.15) is 0 Å². The molecule has 6 heteroatoms. The molecule has 2 aliphatic heterocycles. The molecule has 2 N–H and O–H groups in total. The Labute approximate surface area is 191 Å². The number of aryl methyl sites for hydroxylation is 2. The van der Waals surface area contributed by atoms with Crippen LogP contribution in [0.1, 0.15) is 48.9 Å². The maximum atomic E-state index is 12.5. The Morgan fingerprint density at radius 3 is 2.44 bits per heavy atom. The van der Waals surface area contributed by atoms with E-state index < -0.39 is 11.8 Å². The van der Waals surface area contributed by atoms with E-state index in [1.54, 1.807) is 0 Å². The van der Waals surface area contributed by atoms with Crippen molar-refractivity contribution in [2.75, 3.05) is 43.4 Å². The van der Waals surface area contributed by atoms with Crippen molar-refractivity contribution < 1.29 is 9.59 Å². The van der Waals surface area contributed by atoms with Gasteiger partial charge in [0.25, 0.3) is 0 Å². The van der Waals surface area contributed by atoms with Gasteiger partial charge in [0.2, 0.25) is 0 Å². The zero-order valence-corrected chi connectivity index (χ0v) is 19.2. The fraction of sp³-hybridized carbons (Fsp3) is 0.462. The number of hydrogen-bond acceptors (Lipinski definition) is 4. The van der Waals surface area contributed by atoms with Gasteiger partial charge in [0, 0.05) is 31.5 Å². The third kappa shape index (κ3) is 5.13. The van der Waals surface area contributed by atoms with Crippen molar-refractivity contribution in [2.24, 2.45) is 0 Å². The first-order chi connectivity index (χ1) is 15.5. The molecule has 170 valence electrons. The summed E-state index contributed by atoms with van der Waals surface area (Å²) in [5.41, 5.74) is 5.73. The van der Waals surface area contributed by atoms with Crippen LogP contribution in [-0.4, -0.2) is 49.9 Å². The van der Waals surface area contributed by atoms with Crippen LogP contribution in [0.3, 0.4) is 0 Å². The van der Waals surface area contributed by atoms with E-state index in [1.165, 1.54) is 35.2 Å². The number of carbonyl (C=O) groups excluding carboxylic acids is 2. The average Bonchev–Trinajstić information content (AvgIpc) is 3.34. The molecule has 2 aliphatic rings. The van der Waals surface area contributed by atoms with Crippen LogP contribution in [0.5, 0.6) is 0 Å². The van der Waals surface area contributed by atoms with Crippen molar-refractivity contribution in [1.29, 1.82) is 0 Å². The second kappa shape index (κ2) is 10.2. The Hall–Kier alpha value is -2.86. The van der Waals surface area contributed by atoms with E-state index in [0.29, 0.717) is 12.2 Å². The monoisotopic (exact) mass is 434 g/mol. The van der Waals surface area contributed by atoms with E-state index in [1.807, 2.05) is 24.3 Å². The average molecular weight is 435 g/mol. The van der Waals surface area contributed by atoms with Crippen LogP contribution in [0.15, 0.2) is 42.5 Å². The first-order valence-corrected chi connectivity index (χ1v) is 11.8. The number of nitrogens with one attached hydrogen (secondary N) is 2. The molecule has 6 nitrogen and oxygen atoms in total. The van der Waals surface area contributed by atoms with Crippen LogP contribution in [0.25, 0.3) is 0 Å². The molecular formula is C26H34N4O2. The third-order valence-electron chi connectivity index (χ3n) is 6.70. The van der Waals surface area contributed by atoms with Gasteiger partial charge in [0.15, 0.2) is 0 Å².